The maximum absolute atomic E-state index is 5.19. The maximum atomic E-state index is 5.19. The molecule has 94 valence electrons. The molecule has 2 nitrogen and oxygen atoms in total. The molecule has 0 radical (unpaired) electrons. The Labute approximate surface area is 122 Å². The van der Waals surface area contributed by atoms with Crippen molar-refractivity contribution < 1.29 is 4.74 Å². The first-order valence-electron chi connectivity index (χ1n) is 6.02. The van der Waals surface area contributed by atoms with Crippen molar-refractivity contribution in [2.45, 2.75) is 0 Å². The molecule has 0 amide bonds. The second-order valence-electron chi connectivity index (χ2n) is 4.11. The molecule has 0 bridgehead atoms. The van der Waals surface area contributed by atoms with Gasteiger partial charge in [-0.05, 0) is 0 Å². The Balaban J connectivity index is 1.96. The molecule has 3 rings (SSSR count). The monoisotopic (exact) mass is 365 g/mol. The summed E-state index contributed by atoms with van der Waals surface area (Å²) in [6.45, 7) is 0. The van der Waals surface area contributed by atoms with Crippen LogP contribution < -0.4 is 12.0 Å². The van der Waals surface area contributed by atoms with E-state index in [1.54, 1.807) is 7.11 Å². The Morgan fingerprint density at radius 3 is 2.53 bits per heavy atom. The Morgan fingerprint density at radius 1 is 0.947 bits per heavy atom. The summed E-state index contributed by atoms with van der Waals surface area (Å²) in [5.41, 5.74) is 1.14. The van der Waals surface area contributed by atoms with Gasteiger partial charge in [0.15, 0.2) is 0 Å². The standard InChI is InChI=1S/C16H13NOTe/c1-18-13-7-9-14(10-8-13)19-15-6-2-4-12-5-3-11-17-16(12)15/h2-11H,1H3. The van der Waals surface area contributed by atoms with Crippen molar-refractivity contribution in [1.82, 2.24) is 4.98 Å². The van der Waals surface area contributed by atoms with Crippen molar-refractivity contribution >= 4 is 39.0 Å². The van der Waals surface area contributed by atoms with Crippen molar-refractivity contribution in [3.8, 4) is 5.75 Å². The van der Waals surface area contributed by atoms with E-state index in [4.69, 9.17) is 4.74 Å². The van der Waals surface area contributed by atoms with Crippen molar-refractivity contribution in [1.29, 1.82) is 0 Å². The number of hydrogen-bond donors (Lipinski definition) is 0. The summed E-state index contributed by atoms with van der Waals surface area (Å²) in [6, 6.07) is 18.9. The Hall–Kier alpha value is -1.56. The Bertz CT molecular complexity index is 689. The molecule has 1 aromatic heterocycles. The molecule has 0 unspecified atom stereocenters. The number of hydrogen-bond acceptors (Lipinski definition) is 2. The van der Waals surface area contributed by atoms with Crippen LogP contribution in [0.25, 0.3) is 10.9 Å². The summed E-state index contributed by atoms with van der Waals surface area (Å²) >= 11 is -0.409. The van der Waals surface area contributed by atoms with E-state index in [0.29, 0.717) is 0 Å². The normalized spacial score (nSPS) is 10.6. The molecule has 3 heteroatoms. The van der Waals surface area contributed by atoms with E-state index in [0.717, 1.165) is 11.3 Å². The molecule has 0 N–H and O–H groups in total. The molecular weight excluding hydrogens is 350 g/mol. The fourth-order valence-corrected chi connectivity index (χ4v) is 4.61. The molecule has 0 saturated carbocycles. The van der Waals surface area contributed by atoms with Gasteiger partial charge in [-0.15, -0.1) is 0 Å². The van der Waals surface area contributed by atoms with Crippen molar-refractivity contribution in [2.24, 2.45) is 0 Å². The van der Waals surface area contributed by atoms with E-state index >= 15 is 0 Å². The van der Waals surface area contributed by atoms with E-state index in [1.807, 2.05) is 24.4 Å². The van der Waals surface area contributed by atoms with Crippen LogP contribution >= 0.6 is 0 Å². The van der Waals surface area contributed by atoms with Gasteiger partial charge in [-0.2, -0.15) is 0 Å². The van der Waals surface area contributed by atoms with Crippen LogP contribution in [0.5, 0.6) is 5.75 Å². The molecule has 0 atom stereocenters. The number of pyridine rings is 1. The first-order chi connectivity index (χ1) is 9.36. The fourth-order valence-electron chi connectivity index (χ4n) is 1.93. The fraction of sp³-hybridized carbons (Fsp3) is 0.0625. The summed E-state index contributed by atoms with van der Waals surface area (Å²) in [7, 11) is 1.69. The third-order valence-electron chi connectivity index (χ3n) is 2.88. The summed E-state index contributed by atoms with van der Waals surface area (Å²) < 4.78 is 7.97. The second-order valence-corrected chi connectivity index (χ2v) is 7.29. The predicted molar refractivity (Wildman–Crippen MR) is 79.8 cm³/mol. The van der Waals surface area contributed by atoms with Gasteiger partial charge in [0.05, 0.1) is 0 Å². The third kappa shape index (κ3) is 2.73. The Kier molecular flexibility index (Phi) is 3.68. The number of ether oxygens (including phenoxy) is 1. The molecule has 0 saturated heterocycles. The van der Waals surface area contributed by atoms with Crippen LogP contribution in [0.2, 0.25) is 0 Å². The number of nitrogens with zero attached hydrogens (tertiary/aromatic N) is 1. The van der Waals surface area contributed by atoms with Crippen LogP contribution in [0.1, 0.15) is 0 Å². The van der Waals surface area contributed by atoms with E-state index in [-0.39, 0.29) is 0 Å². The van der Waals surface area contributed by atoms with Gasteiger partial charge in [-0.3, -0.25) is 0 Å². The molecule has 0 aliphatic carbocycles. The van der Waals surface area contributed by atoms with Gasteiger partial charge < -0.3 is 0 Å². The summed E-state index contributed by atoms with van der Waals surface area (Å²) in [5, 5.41) is 1.22. The van der Waals surface area contributed by atoms with Gasteiger partial charge in [0, 0.05) is 0 Å². The van der Waals surface area contributed by atoms with Crippen LogP contribution in [0.3, 0.4) is 0 Å². The predicted octanol–water partition coefficient (Wildman–Crippen LogP) is 1.90. The van der Waals surface area contributed by atoms with Gasteiger partial charge in [0.1, 0.15) is 0 Å². The van der Waals surface area contributed by atoms with Crippen LogP contribution in [-0.2, 0) is 0 Å². The summed E-state index contributed by atoms with van der Waals surface area (Å²) in [6.07, 6.45) is 1.87. The van der Waals surface area contributed by atoms with Crippen LogP contribution in [-0.4, -0.2) is 33.0 Å². The van der Waals surface area contributed by atoms with Crippen LogP contribution in [0.15, 0.2) is 60.8 Å². The first kappa shape index (κ1) is 12.5. The average Bonchev–Trinajstić information content (AvgIpc) is 2.48. The van der Waals surface area contributed by atoms with E-state index in [1.165, 1.54) is 12.6 Å². The molecule has 0 spiro atoms. The van der Waals surface area contributed by atoms with Crippen LogP contribution in [0, 0.1) is 0 Å². The Morgan fingerprint density at radius 2 is 1.74 bits per heavy atom. The van der Waals surface area contributed by atoms with E-state index in [2.05, 4.69) is 41.4 Å². The molecule has 1 heterocycles. The average molecular weight is 363 g/mol. The van der Waals surface area contributed by atoms with Gasteiger partial charge >= 0.3 is 122 Å². The summed E-state index contributed by atoms with van der Waals surface area (Å²) in [4.78, 5) is 4.52. The summed E-state index contributed by atoms with van der Waals surface area (Å²) in [5.74, 6) is 0.909. The third-order valence-corrected chi connectivity index (χ3v) is 5.90. The van der Waals surface area contributed by atoms with Gasteiger partial charge in [-0.1, -0.05) is 0 Å². The zero-order chi connectivity index (χ0) is 13.1. The van der Waals surface area contributed by atoms with Crippen molar-refractivity contribution in [3.63, 3.8) is 0 Å². The van der Waals surface area contributed by atoms with Gasteiger partial charge in [0.2, 0.25) is 0 Å². The SMILES string of the molecule is COc1ccc([Te]c2cccc3cccnc23)cc1. The quantitative estimate of drug-likeness (QED) is 0.664. The van der Waals surface area contributed by atoms with Gasteiger partial charge in [0.25, 0.3) is 0 Å². The van der Waals surface area contributed by atoms with Gasteiger partial charge in [-0.25, -0.2) is 0 Å². The number of rotatable bonds is 3. The number of fused-ring (bicyclic) bond motifs is 1. The first-order valence-corrected chi connectivity index (χ1v) is 8.35. The van der Waals surface area contributed by atoms with E-state index < -0.39 is 20.9 Å². The minimum atomic E-state index is -0.409. The number of methoxy groups -OCH3 is 1. The molecule has 0 fully saturated rings. The minimum absolute atomic E-state index is 0.409. The van der Waals surface area contributed by atoms with Crippen LogP contribution in [0.4, 0.5) is 0 Å². The molecule has 0 aliphatic heterocycles. The zero-order valence-corrected chi connectivity index (χ0v) is 12.9. The van der Waals surface area contributed by atoms with Crippen molar-refractivity contribution in [3.05, 3.63) is 60.8 Å². The molecule has 0 aliphatic rings. The van der Waals surface area contributed by atoms with Crippen molar-refractivity contribution in [2.75, 3.05) is 7.11 Å². The second kappa shape index (κ2) is 5.61. The molecule has 19 heavy (non-hydrogen) atoms. The molecular formula is C16H13NOTe. The zero-order valence-electron chi connectivity index (χ0n) is 10.5. The van der Waals surface area contributed by atoms with E-state index in [9.17, 15) is 0 Å². The number of para-hydroxylation sites is 1. The topological polar surface area (TPSA) is 22.1 Å². The number of benzene rings is 2. The molecule has 3 aromatic rings. The number of aromatic nitrogens is 1. The molecule has 2 aromatic carbocycles.